The van der Waals surface area contributed by atoms with Gasteiger partial charge in [-0.3, -0.25) is 4.79 Å². The van der Waals surface area contributed by atoms with Crippen LogP contribution in [0.4, 0.5) is 5.82 Å². The van der Waals surface area contributed by atoms with Crippen LogP contribution in [0.3, 0.4) is 0 Å². The Balaban J connectivity index is 1.20. The van der Waals surface area contributed by atoms with Crippen LogP contribution < -0.4 is 5.32 Å². The second-order valence-electron chi connectivity index (χ2n) is 8.27. The highest BCUT2D eigenvalue weighted by atomic mass is 35.5. The molecule has 7 heteroatoms. The number of carbonyl (C=O) groups excluding carboxylic acids is 1. The number of pyridine rings is 1. The summed E-state index contributed by atoms with van der Waals surface area (Å²) in [4.78, 5) is 17.4. The van der Waals surface area contributed by atoms with Crippen molar-refractivity contribution in [1.82, 2.24) is 14.8 Å². The Morgan fingerprint density at radius 3 is 2.47 bits per heavy atom. The maximum absolute atomic E-state index is 12.8. The van der Waals surface area contributed by atoms with Crippen molar-refractivity contribution in [3.63, 3.8) is 0 Å². The number of nitrogens with one attached hydrogen (secondary N) is 1. The Bertz CT molecular complexity index is 1260. The number of amides is 1. The van der Waals surface area contributed by atoms with Gasteiger partial charge in [-0.05, 0) is 91.8 Å². The molecule has 4 aromatic rings. The maximum Gasteiger partial charge on any atom is 0.228 e. The molecule has 1 N–H and O–H groups in total. The van der Waals surface area contributed by atoms with Gasteiger partial charge in [-0.25, -0.2) is 9.67 Å². The lowest BCUT2D eigenvalue weighted by atomic mass is 9.79. The van der Waals surface area contributed by atoms with Gasteiger partial charge in [0, 0.05) is 27.5 Å². The van der Waals surface area contributed by atoms with Gasteiger partial charge in [-0.1, -0.05) is 23.2 Å². The van der Waals surface area contributed by atoms with Crippen LogP contribution >= 0.6 is 23.2 Å². The fraction of sp³-hybridized carbons (Fsp3) is 0.240. The van der Waals surface area contributed by atoms with E-state index in [4.69, 9.17) is 23.2 Å². The lowest BCUT2D eigenvalue weighted by molar-refractivity contribution is -0.120. The third kappa shape index (κ3) is 4.50. The van der Waals surface area contributed by atoms with Crippen molar-refractivity contribution >= 4 is 45.8 Å². The molecular weight excluding hydrogens is 443 g/mol. The van der Waals surface area contributed by atoms with Crippen molar-refractivity contribution in [3.05, 3.63) is 82.6 Å². The molecule has 0 spiro atoms. The predicted octanol–water partition coefficient (Wildman–Crippen LogP) is 6.64. The molecule has 0 saturated heterocycles. The predicted molar refractivity (Wildman–Crippen MR) is 129 cm³/mol. The fourth-order valence-corrected chi connectivity index (χ4v) is 4.67. The number of benzene rings is 2. The van der Waals surface area contributed by atoms with E-state index in [0.29, 0.717) is 21.8 Å². The smallest absolute Gasteiger partial charge is 0.228 e. The van der Waals surface area contributed by atoms with Gasteiger partial charge < -0.3 is 5.32 Å². The van der Waals surface area contributed by atoms with E-state index in [1.807, 2.05) is 59.4 Å². The normalized spacial score (nSPS) is 18.6. The van der Waals surface area contributed by atoms with E-state index in [0.717, 1.165) is 42.3 Å². The van der Waals surface area contributed by atoms with Crippen LogP contribution in [0, 0.1) is 5.92 Å². The summed E-state index contributed by atoms with van der Waals surface area (Å²) in [6.07, 6.45) is 7.66. The third-order valence-electron chi connectivity index (χ3n) is 6.17. The van der Waals surface area contributed by atoms with Crippen LogP contribution in [-0.4, -0.2) is 20.7 Å². The number of aromatic nitrogens is 3. The zero-order valence-corrected chi connectivity index (χ0v) is 18.9. The van der Waals surface area contributed by atoms with Gasteiger partial charge in [0.25, 0.3) is 0 Å². The van der Waals surface area contributed by atoms with Gasteiger partial charge in [0.05, 0.1) is 17.4 Å². The first-order valence-electron chi connectivity index (χ1n) is 10.7. The minimum absolute atomic E-state index is 0.000254. The van der Waals surface area contributed by atoms with Gasteiger partial charge in [-0.2, -0.15) is 5.10 Å². The van der Waals surface area contributed by atoms with Gasteiger partial charge in [-0.15, -0.1) is 0 Å². The minimum Gasteiger partial charge on any atom is -0.310 e. The van der Waals surface area contributed by atoms with Crippen LogP contribution in [0.15, 0.2) is 67.0 Å². The maximum atomic E-state index is 12.8. The molecule has 0 bridgehead atoms. The van der Waals surface area contributed by atoms with Crippen molar-refractivity contribution in [2.24, 2.45) is 5.92 Å². The monoisotopic (exact) mass is 464 g/mol. The molecule has 32 heavy (non-hydrogen) atoms. The number of nitrogens with zero attached hydrogens (tertiary/aromatic N) is 3. The first-order chi connectivity index (χ1) is 15.5. The fourth-order valence-electron chi connectivity index (χ4n) is 4.37. The molecule has 2 heterocycles. The van der Waals surface area contributed by atoms with E-state index in [-0.39, 0.29) is 11.8 Å². The zero-order valence-electron chi connectivity index (χ0n) is 17.3. The molecule has 1 amide bonds. The molecular formula is C25H22Cl2N4O. The summed E-state index contributed by atoms with van der Waals surface area (Å²) in [6, 6.07) is 16.9. The highest BCUT2D eigenvalue weighted by Gasteiger charge is 2.28. The summed E-state index contributed by atoms with van der Waals surface area (Å²) in [5.41, 5.74) is 3.01. The molecule has 162 valence electrons. The molecule has 2 aromatic carbocycles. The number of hydrogen-bond acceptors (Lipinski definition) is 3. The average molecular weight is 465 g/mol. The molecule has 2 aromatic heterocycles. The van der Waals surface area contributed by atoms with Crippen LogP contribution in [-0.2, 0) is 4.79 Å². The van der Waals surface area contributed by atoms with Crippen LogP contribution in [0.1, 0.15) is 37.2 Å². The standard InChI is InChI=1S/C25H22Cl2N4O/c26-20-6-9-22(10-7-20)31-15-19(14-28-31)16-1-3-17(4-2-16)25(32)30-24-12-5-18-13-21(27)8-11-23(18)29-24/h5-17H,1-4H2,(H,29,30,32)/t16-,17+. The molecule has 0 radical (unpaired) electrons. The summed E-state index contributed by atoms with van der Waals surface area (Å²) in [5, 5.41) is 9.84. The number of fused-ring (bicyclic) bond motifs is 1. The molecule has 0 atom stereocenters. The van der Waals surface area contributed by atoms with Gasteiger partial charge in [0.15, 0.2) is 0 Å². The number of anilines is 1. The zero-order chi connectivity index (χ0) is 22.1. The van der Waals surface area contributed by atoms with Crippen molar-refractivity contribution in [2.45, 2.75) is 31.6 Å². The second-order valence-corrected chi connectivity index (χ2v) is 9.14. The van der Waals surface area contributed by atoms with E-state index in [2.05, 4.69) is 21.6 Å². The summed E-state index contributed by atoms with van der Waals surface area (Å²) in [7, 11) is 0. The van der Waals surface area contributed by atoms with E-state index < -0.39 is 0 Å². The summed E-state index contributed by atoms with van der Waals surface area (Å²) >= 11 is 12.0. The second kappa shape index (κ2) is 8.93. The van der Waals surface area contributed by atoms with Gasteiger partial charge in [0.1, 0.15) is 5.82 Å². The van der Waals surface area contributed by atoms with Crippen LogP contribution in [0.2, 0.25) is 10.0 Å². The molecule has 1 aliphatic rings. The highest BCUT2D eigenvalue weighted by Crippen LogP contribution is 2.36. The van der Waals surface area contributed by atoms with Crippen LogP contribution in [0.25, 0.3) is 16.6 Å². The van der Waals surface area contributed by atoms with Crippen molar-refractivity contribution < 1.29 is 4.79 Å². The first-order valence-corrected chi connectivity index (χ1v) is 11.5. The highest BCUT2D eigenvalue weighted by molar-refractivity contribution is 6.31. The number of carbonyl (C=O) groups is 1. The Morgan fingerprint density at radius 2 is 1.69 bits per heavy atom. The lowest BCUT2D eigenvalue weighted by Crippen LogP contribution is -2.27. The molecule has 0 aliphatic heterocycles. The summed E-state index contributed by atoms with van der Waals surface area (Å²) in [6.45, 7) is 0. The average Bonchev–Trinajstić information content (AvgIpc) is 3.30. The number of hydrogen-bond donors (Lipinski definition) is 1. The van der Waals surface area contributed by atoms with Crippen molar-refractivity contribution in [2.75, 3.05) is 5.32 Å². The minimum atomic E-state index is 0.000254. The van der Waals surface area contributed by atoms with Crippen molar-refractivity contribution in [3.8, 4) is 5.69 Å². The molecule has 5 rings (SSSR count). The third-order valence-corrected chi connectivity index (χ3v) is 6.65. The SMILES string of the molecule is O=C(Nc1ccc2cc(Cl)ccc2n1)[C@H]1CC[C@@H](c2cnn(-c3ccc(Cl)cc3)c2)CC1. The van der Waals surface area contributed by atoms with Crippen molar-refractivity contribution in [1.29, 1.82) is 0 Å². The molecule has 0 unspecified atom stereocenters. The molecule has 1 aliphatic carbocycles. The van der Waals surface area contributed by atoms with Gasteiger partial charge >= 0.3 is 0 Å². The van der Waals surface area contributed by atoms with E-state index >= 15 is 0 Å². The largest absolute Gasteiger partial charge is 0.310 e. The van der Waals surface area contributed by atoms with E-state index in [1.165, 1.54) is 5.56 Å². The Labute approximate surface area is 196 Å². The Hall–Kier alpha value is -2.89. The van der Waals surface area contributed by atoms with Crippen LogP contribution in [0.5, 0.6) is 0 Å². The first kappa shape index (κ1) is 21.0. The topological polar surface area (TPSA) is 59.8 Å². The Kier molecular flexibility index (Phi) is 5.85. The molecule has 5 nitrogen and oxygen atoms in total. The quantitative estimate of drug-likeness (QED) is 0.368. The number of halogens is 2. The molecule has 1 saturated carbocycles. The number of rotatable bonds is 4. The van der Waals surface area contributed by atoms with E-state index in [9.17, 15) is 4.79 Å². The Morgan fingerprint density at radius 1 is 0.938 bits per heavy atom. The lowest BCUT2D eigenvalue weighted by Gasteiger charge is -2.27. The summed E-state index contributed by atoms with van der Waals surface area (Å²) in [5.74, 6) is 1.04. The summed E-state index contributed by atoms with van der Waals surface area (Å²) < 4.78 is 1.88. The van der Waals surface area contributed by atoms with Gasteiger partial charge in [0.2, 0.25) is 5.91 Å². The molecule has 1 fully saturated rings. The van der Waals surface area contributed by atoms with E-state index in [1.54, 1.807) is 6.07 Å².